The van der Waals surface area contributed by atoms with Crippen LogP contribution in [0.15, 0.2) is 34.7 Å². The van der Waals surface area contributed by atoms with Crippen LogP contribution < -0.4 is 0 Å². The monoisotopic (exact) mass is 302 g/mol. The van der Waals surface area contributed by atoms with Gasteiger partial charge in [-0.05, 0) is 31.5 Å². The molecule has 0 unspecified atom stereocenters. The third-order valence-electron chi connectivity index (χ3n) is 3.23. The first-order valence-electron chi connectivity index (χ1n) is 6.28. The van der Waals surface area contributed by atoms with Crippen molar-refractivity contribution in [1.29, 1.82) is 0 Å². The number of nitro groups is 1. The van der Waals surface area contributed by atoms with Crippen LogP contribution in [0.3, 0.4) is 0 Å². The highest BCUT2D eigenvalue weighted by molar-refractivity contribution is 6.33. The van der Waals surface area contributed by atoms with Crippen LogP contribution in [0.25, 0.3) is 22.6 Å². The molecule has 0 N–H and O–H groups in total. The van der Waals surface area contributed by atoms with Crippen molar-refractivity contribution < 1.29 is 9.34 Å². The molecular weight excluding hydrogens is 292 g/mol. The lowest BCUT2D eigenvalue weighted by molar-refractivity contribution is -0.384. The molecule has 0 aliphatic carbocycles. The molecule has 3 rings (SSSR count). The minimum Gasteiger partial charge on any atom is -0.436 e. The summed E-state index contributed by atoms with van der Waals surface area (Å²) >= 11 is 6.20. The second kappa shape index (κ2) is 4.86. The Kier molecular flexibility index (Phi) is 3.14. The molecule has 1 heterocycles. The van der Waals surface area contributed by atoms with Crippen molar-refractivity contribution in [2.45, 2.75) is 13.8 Å². The number of halogens is 1. The molecule has 5 nitrogen and oxygen atoms in total. The lowest BCUT2D eigenvalue weighted by Crippen LogP contribution is -1.88. The largest absolute Gasteiger partial charge is 0.436 e. The topological polar surface area (TPSA) is 69.2 Å². The predicted octanol–water partition coefficient (Wildman–Crippen LogP) is 4.67. The van der Waals surface area contributed by atoms with Crippen LogP contribution >= 0.6 is 11.6 Å². The number of oxazole rings is 1. The summed E-state index contributed by atoms with van der Waals surface area (Å²) in [5.41, 5.74) is 3.35. The molecule has 0 saturated carbocycles. The SMILES string of the molecule is Cc1ccc(-c2nc3cc([N+](=O)[O-])cc(C)c3o2)c(Cl)c1. The van der Waals surface area contributed by atoms with E-state index in [2.05, 4.69) is 4.98 Å². The van der Waals surface area contributed by atoms with Gasteiger partial charge in [-0.15, -0.1) is 0 Å². The number of hydrogen-bond acceptors (Lipinski definition) is 4. The Labute approximate surface area is 125 Å². The molecule has 0 bridgehead atoms. The summed E-state index contributed by atoms with van der Waals surface area (Å²) in [6, 6.07) is 8.42. The van der Waals surface area contributed by atoms with E-state index in [0.717, 1.165) is 5.56 Å². The fourth-order valence-corrected chi connectivity index (χ4v) is 2.51. The van der Waals surface area contributed by atoms with Gasteiger partial charge in [-0.3, -0.25) is 10.1 Å². The summed E-state index contributed by atoms with van der Waals surface area (Å²) in [5.74, 6) is 0.360. The Morgan fingerprint density at radius 2 is 2.00 bits per heavy atom. The number of rotatable bonds is 2. The van der Waals surface area contributed by atoms with Gasteiger partial charge in [0.1, 0.15) is 5.52 Å². The van der Waals surface area contributed by atoms with Crippen molar-refractivity contribution in [2.75, 3.05) is 0 Å². The molecule has 3 aromatic rings. The zero-order chi connectivity index (χ0) is 15.1. The highest BCUT2D eigenvalue weighted by atomic mass is 35.5. The van der Waals surface area contributed by atoms with Gasteiger partial charge in [-0.25, -0.2) is 4.98 Å². The van der Waals surface area contributed by atoms with Gasteiger partial charge in [-0.2, -0.15) is 0 Å². The van der Waals surface area contributed by atoms with Gasteiger partial charge in [-0.1, -0.05) is 17.7 Å². The van der Waals surface area contributed by atoms with E-state index >= 15 is 0 Å². The highest BCUT2D eigenvalue weighted by Gasteiger charge is 2.17. The maximum absolute atomic E-state index is 10.9. The standard InChI is InChI=1S/C15H11ClN2O3/c1-8-3-4-11(12(16)5-8)15-17-13-7-10(18(19)20)6-9(2)14(13)21-15/h3-7H,1-2H3. The second-order valence-electron chi connectivity index (χ2n) is 4.87. The molecule has 0 fully saturated rings. The number of fused-ring (bicyclic) bond motifs is 1. The van der Waals surface area contributed by atoms with Gasteiger partial charge in [0.2, 0.25) is 5.89 Å². The minimum atomic E-state index is -0.445. The lowest BCUT2D eigenvalue weighted by atomic mass is 10.1. The van der Waals surface area contributed by atoms with E-state index in [9.17, 15) is 10.1 Å². The smallest absolute Gasteiger partial charge is 0.272 e. The number of non-ortho nitro benzene ring substituents is 1. The van der Waals surface area contributed by atoms with Crippen molar-refractivity contribution in [1.82, 2.24) is 4.98 Å². The van der Waals surface area contributed by atoms with E-state index < -0.39 is 4.92 Å². The van der Waals surface area contributed by atoms with E-state index in [1.807, 2.05) is 25.1 Å². The predicted molar refractivity (Wildman–Crippen MR) is 80.6 cm³/mol. The van der Waals surface area contributed by atoms with Crippen LogP contribution in [0.5, 0.6) is 0 Å². The van der Waals surface area contributed by atoms with Crippen molar-refractivity contribution in [2.24, 2.45) is 0 Å². The van der Waals surface area contributed by atoms with Crippen LogP contribution in [-0.2, 0) is 0 Å². The second-order valence-corrected chi connectivity index (χ2v) is 5.28. The fourth-order valence-electron chi connectivity index (χ4n) is 2.20. The van der Waals surface area contributed by atoms with Gasteiger partial charge in [0, 0.05) is 17.7 Å². The number of nitrogens with zero attached hydrogens (tertiary/aromatic N) is 2. The van der Waals surface area contributed by atoms with Crippen LogP contribution in [0.4, 0.5) is 5.69 Å². The zero-order valence-electron chi connectivity index (χ0n) is 11.4. The number of aromatic nitrogens is 1. The van der Waals surface area contributed by atoms with Crippen molar-refractivity contribution in [3.8, 4) is 11.5 Å². The number of benzene rings is 2. The van der Waals surface area contributed by atoms with E-state index in [0.29, 0.717) is 33.1 Å². The Morgan fingerprint density at radius 3 is 2.67 bits per heavy atom. The first kappa shape index (κ1) is 13.6. The molecule has 1 aromatic heterocycles. The molecule has 0 atom stereocenters. The van der Waals surface area contributed by atoms with Crippen molar-refractivity contribution >= 4 is 28.4 Å². The minimum absolute atomic E-state index is 0.00477. The van der Waals surface area contributed by atoms with Gasteiger partial charge in [0.15, 0.2) is 5.58 Å². The number of hydrogen-bond donors (Lipinski definition) is 0. The van der Waals surface area contributed by atoms with Crippen LogP contribution in [-0.4, -0.2) is 9.91 Å². The molecule has 0 spiro atoms. The molecular formula is C15H11ClN2O3. The molecule has 21 heavy (non-hydrogen) atoms. The summed E-state index contributed by atoms with van der Waals surface area (Å²) in [6.07, 6.45) is 0. The zero-order valence-corrected chi connectivity index (χ0v) is 12.1. The van der Waals surface area contributed by atoms with E-state index in [-0.39, 0.29) is 5.69 Å². The summed E-state index contributed by atoms with van der Waals surface area (Å²) in [6.45, 7) is 3.69. The average molecular weight is 303 g/mol. The maximum atomic E-state index is 10.9. The number of nitro benzene ring substituents is 1. The fraction of sp³-hybridized carbons (Fsp3) is 0.133. The van der Waals surface area contributed by atoms with E-state index in [4.69, 9.17) is 16.0 Å². The molecule has 0 radical (unpaired) electrons. The third-order valence-corrected chi connectivity index (χ3v) is 3.54. The number of aryl methyl sites for hydroxylation is 2. The Bertz CT molecular complexity index is 871. The molecule has 0 amide bonds. The van der Waals surface area contributed by atoms with Gasteiger partial charge in [0.25, 0.3) is 5.69 Å². The normalized spacial score (nSPS) is 11.0. The molecule has 6 heteroatoms. The van der Waals surface area contributed by atoms with Crippen LogP contribution in [0, 0.1) is 24.0 Å². The van der Waals surface area contributed by atoms with E-state index in [1.165, 1.54) is 12.1 Å². The first-order valence-corrected chi connectivity index (χ1v) is 6.65. The average Bonchev–Trinajstić information content (AvgIpc) is 2.82. The van der Waals surface area contributed by atoms with E-state index in [1.54, 1.807) is 6.92 Å². The quantitative estimate of drug-likeness (QED) is 0.509. The molecule has 0 saturated heterocycles. The van der Waals surface area contributed by atoms with Gasteiger partial charge >= 0.3 is 0 Å². The highest BCUT2D eigenvalue weighted by Crippen LogP contribution is 2.33. The van der Waals surface area contributed by atoms with Crippen molar-refractivity contribution in [3.63, 3.8) is 0 Å². The Morgan fingerprint density at radius 1 is 1.24 bits per heavy atom. The molecule has 2 aromatic carbocycles. The maximum Gasteiger partial charge on any atom is 0.272 e. The molecule has 106 valence electrons. The summed E-state index contributed by atoms with van der Waals surface area (Å²) in [5, 5.41) is 11.4. The first-order chi connectivity index (χ1) is 9.95. The Balaban J connectivity index is 2.21. The summed E-state index contributed by atoms with van der Waals surface area (Å²) < 4.78 is 5.72. The third kappa shape index (κ3) is 2.36. The summed E-state index contributed by atoms with van der Waals surface area (Å²) in [4.78, 5) is 14.8. The van der Waals surface area contributed by atoms with Gasteiger partial charge in [0.05, 0.1) is 15.5 Å². The molecule has 0 aliphatic rings. The van der Waals surface area contributed by atoms with Crippen molar-refractivity contribution in [3.05, 3.63) is 56.6 Å². The van der Waals surface area contributed by atoms with Crippen LogP contribution in [0.1, 0.15) is 11.1 Å². The molecule has 0 aliphatic heterocycles. The van der Waals surface area contributed by atoms with Crippen LogP contribution in [0.2, 0.25) is 5.02 Å². The van der Waals surface area contributed by atoms with Gasteiger partial charge < -0.3 is 4.42 Å². The summed E-state index contributed by atoms with van der Waals surface area (Å²) in [7, 11) is 0. The Hall–Kier alpha value is -2.40. The lowest BCUT2D eigenvalue weighted by Gasteiger charge is -2.00.